The Morgan fingerprint density at radius 1 is 1.33 bits per heavy atom. The van der Waals surface area contributed by atoms with Crippen LogP contribution in [0.5, 0.6) is 0 Å². The highest BCUT2D eigenvalue weighted by atomic mass is 16.5. The van der Waals surface area contributed by atoms with E-state index in [0.717, 1.165) is 26.2 Å². The summed E-state index contributed by atoms with van der Waals surface area (Å²) >= 11 is 0. The number of nitrogens with zero attached hydrogens (tertiary/aromatic N) is 1. The molecule has 118 valence electrons. The molecule has 1 aromatic carbocycles. The summed E-state index contributed by atoms with van der Waals surface area (Å²) in [5, 5.41) is 3.60. The van der Waals surface area contributed by atoms with Crippen LogP contribution in [0.3, 0.4) is 0 Å². The largest absolute Gasteiger partial charge is 0.376 e. The summed E-state index contributed by atoms with van der Waals surface area (Å²) in [6.45, 7) is 10.7. The van der Waals surface area contributed by atoms with E-state index < -0.39 is 0 Å². The van der Waals surface area contributed by atoms with E-state index in [1.165, 1.54) is 30.5 Å². The first kappa shape index (κ1) is 16.3. The molecule has 3 heteroatoms. The first-order valence-corrected chi connectivity index (χ1v) is 8.45. The molecule has 0 radical (unpaired) electrons. The number of para-hydroxylation sites is 1. The fourth-order valence-electron chi connectivity index (χ4n) is 3.04. The van der Waals surface area contributed by atoms with Crippen LogP contribution in [0.25, 0.3) is 0 Å². The SMILES string of the molecule is CCCNC(C)c1ccccc1N(CC)CC1CCCO1. The first-order chi connectivity index (χ1) is 10.3. The van der Waals surface area contributed by atoms with Crippen LogP contribution in [0.1, 0.15) is 51.6 Å². The minimum Gasteiger partial charge on any atom is -0.376 e. The summed E-state index contributed by atoms with van der Waals surface area (Å²) < 4.78 is 5.81. The molecule has 2 unspecified atom stereocenters. The smallest absolute Gasteiger partial charge is 0.0750 e. The van der Waals surface area contributed by atoms with Crippen molar-refractivity contribution in [3.05, 3.63) is 29.8 Å². The lowest BCUT2D eigenvalue weighted by Crippen LogP contribution is -2.33. The third-order valence-corrected chi connectivity index (χ3v) is 4.27. The molecule has 21 heavy (non-hydrogen) atoms. The number of hydrogen-bond donors (Lipinski definition) is 1. The summed E-state index contributed by atoms with van der Waals surface area (Å²) in [7, 11) is 0. The third kappa shape index (κ3) is 4.45. The van der Waals surface area contributed by atoms with Gasteiger partial charge in [-0.3, -0.25) is 0 Å². The Bertz CT molecular complexity index is 415. The van der Waals surface area contributed by atoms with Crippen molar-refractivity contribution in [3.63, 3.8) is 0 Å². The van der Waals surface area contributed by atoms with Gasteiger partial charge < -0.3 is 15.0 Å². The van der Waals surface area contributed by atoms with Crippen LogP contribution in [-0.4, -0.2) is 32.3 Å². The van der Waals surface area contributed by atoms with Crippen molar-refractivity contribution in [1.29, 1.82) is 0 Å². The van der Waals surface area contributed by atoms with Crippen LogP contribution < -0.4 is 10.2 Å². The molecule has 1 aliphatic rings. The second-order valence-electron chi connectivity index (χ2n) is 5.91. The lowest BCUT2D eigenvalue weighted by Gasteiger charge is -2.30. The molecule has 0 aliphatic carbocycles. The summed E-state index contributed by atoms with van der Waals surface area (Å²) in [6, 6.07) is 9.17. The maximum atomic E-state index is 5.81. The van der Waals surface area contributed by atoms with Crippen molar-refractivity contribution >= 4 is 5.69 Å². The molecule has 0 bridgehead atoms. The van der Waals surface area contributed by atoms with Gasteiger partial charge in [0.2, 0.25) is 0 Å². The van der Waals surface area contributed by atoms with Crippen molar-refractivity contribution in [2.75, 3.05) is 31.1 Å². The molecule has 0 amide bonds. The number of nitrogens with one attached hydrogen (secondary N) is 1. The van der Waals surface area contributed by atoms with Crippen LogP contribution in [0.2, 0.25) is 0 Å². The number of hydrogen-bond acceptors (Lipinski definition) is 3. The Hall–Kier alpha value is -1.06. The Kier molecular flexibility index (Phi) is 6.52. The van der Waals surface area contributed by atoms with E-state index in [4.69, 9.17) is 4.74 Å². The lowest BCUT2D eigenvalue weighted by molar-refractivity contribution is 0.115. The molecule has 0 saturated carbocycles. The lowest BCUT2D eigenvalue weighted by atomic mass is 10.0. The predicted octanol–water partition coefficient (Wildman–Crippen LogP) is 3.75. The molecule has 1 heterocycles. The maximum absolute atomic E-state index is 5.81. The Morgan fingerprint density at radius 2 is 2.14 bits per heavy atom. The van der Waals surface area contributed by atoms with E-state index in [0.29, 0.717) is 12.1 Å². The quantitative estimate of drug-likeness (QED) is 0.789. The topological polar surface area (TPSA) is 24.5 Å². The van der Waals surface area contributed by atoms with Crippen molar-refractivity contribution in [2.24, 2.45) is 0 Å². The highest BCUT2D eigenvalue weighted by Gasteiger charge is 2.21. The molecule has 3 nitrogen and oxygen atoms in total. The zero-order chi connectivity index (χ0) is 15.1. The standard InChI is InChI=1S/C18H30N2O/c1-4-12-19-15(3)17-10-6-7-11-18(17)20(5-2)14-16-9-8-13-21-16/h6-7,10-11,15-16,19H,4-5,8-9,12-14H2,1-3H3. The van der Waals surface area contributed by atoms with Gasteiger partial charge >= 0.3 is 0 Å². The number of anilines is 1. The van der Waals surface area contributed by atoms with Gasteiger partial charge in [0, 0.05) is 31.4 Å². The molecule has 2 atom stereocenters. The molecule has 2 rings (SSSR count). The van der Waals surface area contributed by atoms with E-state index >= 15 is 0 Å². The first-order valence-electron chi connectivity index (χ1n) is 8.45. The molecule has 0 aromatic heterocycles. The van der Waals surface area contributed by atoms with E-state index in [-0.39, 0.29) is 0 Å². The maximum Gasteiger partial charge on any atom is 0.0750 e. The zero-order valence-electron chi connectivity index (χ0n) is 13.8. The van der Waals surface area contributed by atoms with Gasteiger partial charge in [-0.2, -0.15) is 0 Å². The Balaban J connectivity index is 2.11. The van der Waals surface area contributed by atoms with Gasteiger partial charge in [-0.05, 0) is 51.3 Å². The zero-order valence-corrected chi connectivity index (χ0v) is 13.8. The van der Waals surface area contributed by atoms with Crippen molar-refractivity contribution in [1.82, 2.24) is 5.32 Å². The monoisotopic (exact) mass is 290 g/mol. The van der Waals surface area contributed by atoms with Gasteiger partial charge in [-0.25, -0.2) is 0 Å². The minimum absolute atomic E-state index is 0.389. The van der Waals surface area contributed by atoms with Gasteiger partial charge in [0.25, 0.3) is 0 Å². The van der Waals surface area contributed by atoms with Crippen LogP contribution in [0.15, 0.2) is 24.3 Å². The van der Waals surface area contributed by atoms with Crippen LogP contribution >= 0.6 is 0 Å². The summed E-state index contributed by atoms with van der Waals surface area (Å²) in [4.78, 5) is 2.47. The van der Waals surface area contributed by atoms with Crippen molar-refractivity contribution in [3.8, 4) is 0 Å². The fourth-order valence-corrected chi connectivity index (χ4v) is 3.04. The molecular formula is C18H30N2O. The molecule has 1 fully saturated rings. The summed E-state index contributed by atoms with van der Waals surface area (Å²) in [5.41, 5.74) is 2.75. The second kappa shape index (κ2) is 8.40. The van der Waals surface area contributed by atoms with Crippen LogP contribution in [-0.2, 0) is 4.74 Å². The highest BCUT2D eigenvalue weighted by molar-refractivity contribution is 5.55. The number of benzene rings is 1. The van der Waals surface area contributed by atoms with E-state index in [9.17, 15) is 0 Å². The molecule has 1 N–H and O–H groups in total. The molecule has 0 spiro atoms. The average Bonchev–Trinajstić information content (AvgIpc) is 3.03. The van der Waals surface area contributed by atoms with E-state index in [1.807, 2.05) is 0 Å². The Labute approximate surface area is 129 Å². The number of ether oxygens (including phenoxy) is 1. The summed E-state index contributed by atoms with van der Waals surface area (Å²) in [6.07, 6.45) is 3.97. The molecule has 1 saturated heterocycles. The number of rotatable bonds is 8. The average molecular weight is 290 g/mol. The van der Waals surface area contributed by atoms with Crippen LogP contribution in [0.4, 0.5) is 5.69 Å². The van der Waals surface area contributed by atoms with Gasteiger partial charge in [0.05, 0.1) is 6.10 Å². The fraction of sp³-hybridized carbons (Fsp3) is 0.667. The summed E-state index contributed by atoms with van der Waals surface area (Å²) in [5.74, 6) is 0. The third-order valence-electron chi connectivity index (χ3n) is 4.27. The van der Waals surface area contributed by atoms with Gasteiger partial charge in [-0.15, -0.1) is 0 Å². The Morgan fingerprint density at radius 3 is 2.81 bits per heavy atom. The number of likely N-dealkylation sites (N-methyl/N-ethyl adjacent to an activating group) is 1. The molecular weight excluding hydrogens is 260 g/mol. The van der Waals surface area contributed by atoms with E-state index in [1.54, 1.807) is 0 Å². The van der Waals surface area contributed by atoms with Crippen LogP contribution in [0, 0.1) is 0 Å². The molecule has 1 aromatic rings. The normalized spacial score (nSPS) is 19.7. The van der Waals surface area contributed by atoms with Gasteiger partial charge in [0.15, 0.2) is 0 Å². The minimum atomic E-state index is 0.389. The highest BCUT2D eigenvalue weighted by Crippen LogP contribution is 2.27. The van der Waals surface area contributed by atoms with Gasteiger partial charge in [-0.1, -0.05) is 25.1 Å². The van der Waals surface area contributed by atoms with Crippen molar-refractivity contribution in [2.45, 2.75) is 52.2 Å². The van der Waals surface area contributed by atoms with E-state index in [2.05, 4.69) is 55.3 Å². The second-order valence-corrected chi connectivity index (χ2v) is 5.91. The molecule has 1 aliphatic heterocycles. The van der Waals surface area contributed by atoms with Gasteiger partial charge in [0.1, 0.15) is 0 Å². The van der Waals surface area contributed by atoms with Crippen molar-refractivity contribution < 1.29 is 4.74 Å². The predicted molar refractivity (Wildman–Crippen MR) is 90.0 cm³/mol.